The normalized spacial score (nSPS) is 27.1. The van der Waals surface area contributed by atoms with Crippen LogP contribution in [0.15, 0.2) is 0 Å². The van der Waals surface area contributed by atoms with Crippen LogP contribution in [-0.4, -0.2) is 84.4 Å². The highest BCUT2D eigenvalue weighted by molar-refractivity contribution is 5.82. The zero-order chi connectivity index (χ0) is 19.4. The van der Waals surface area contributed by atoms with Crippen LogP contribution in [0.25, 0.3) is 0 Å². The molecule has 0 aromatic heterocycles. The summed E-state index contributed by atoms with van der Waals surface area (Å²) >= 11 is 0. The maximum absolute atomic E-state index is 12.9. The third-order valence-corrected chi connectivity index (χ3v) is 6.68. The molecule has 1 atom stereocenters. The molecule has 3 rings (SSSR count). The van der Waals surface area contributed by atoms with Crippen molar-refractivity contribution in [2.24, 2.45) is 5.92 Å². The first-order valence-corrected chi connectivity index (χ1v) is 11.0. The second kappa shape index (κ2) is 9.37. The Labute approximate surface area is 164 Å². The first-order chi connectivity index (χ1) is 13.0. The van der Waals surface area contributed by atoms with Crippen molar-refractivity contribution in [1.29, 1.82) is 0 Å². The van der Waals surface area contributed by atoms with E-state index in [0.717, 1.165) is 64.8 Å². The molecule has 3 aliphatic rings. The van der Waals surface area contributed by atoms with E-state index in [-0.39, 0.29) is 23.9 Å². The smallest absolute Gasteiger partial charge is 0.239 e. The lowest BCUT2D eigenvalue weighted by molar-refractivity contribution is -0.139. The van der Waals surface area contributed by atoms with Gasteiger partial charge in [0.05, 0.1) is 6.04 Å². The summed E-state index contributed by atoms with van der Waals surface area (Å²) in [5.41, 5.74) is 0. The first-order valence-electron chi connectivity index (χ1n) is 11.0. The highest BCUT2D eigenvalue weighted by Crippen LogP contribution is 2.25. The molecule has 0 aromatic rings. The summed E-state index contributed by atoms with van der Waals surface area (Å²) in [6.45, 7) is 8.90. The maximum atomic E-state index is 12.9. The minimum atomic E-state index is 0.102. The Morgan fingerprint density at radius 1 is 0.889 bits per heavy atom. The molecule has 3 heterocycles. The fourth-order valence-corrected chi connectivity index (χ4v) is 4.98. The Bertz CT molecular complexity index is 508. The number of carbonyl (C=O) groups is 2. The lowest BCUT2D eigenvalue weighted by atomic mass is 9.92. The number of piperidine rings is 3. The van der Waals surface area contributed by atoms with Crippen molar-refractivity contribution in [2.45, 2.75) is 76.9 Å². The Morgan fingerprint density at radius 2 is 1.56 bits per heavy atom. The molecule has 0 aromatic carbocycles. The van der Waals surface area contributed by atoms with Gasteiger partial charge in [-0.25, -0.2) is 0 Å². The van der Waals surface area contributed by atoms with Gasteiger partial charge in [-0.1, -0.05) is 6.42 Å². The standard InChI is InChI=1S/C21H38N4O2/c1-16(2)22-20(26)17-7-12-24(13-8-17)18-9-14-25(15-10-18)21(27)19-6-4-5-11-23(19)3/h16-19H,4-15H2,1-3H3,(H,22,26). The number of likely N-dealkylation sites (tertiary alicyclic amines) is 3. The number of nitrogens with zero attached hydrogens (tertiary/aromatic N) is 3. The molecule has 1 N–H and O–H groups in total. The van der Waals surface area contributed by atoms with E-state index < -0.39 is 0 Å². The van der Waals surface area contributed by atoms with E-state index in [4.69, 9.17) is 0 Å². The van der Waals surface area contributed by atoms with Gasteiger partial charge in [-0.2, -0.15) is 0 Å². The van der Waals surface area contributed by atoms with E-state index in [2.05, 4.69) is 27.1 Å². The second-order valence-corrected chi connectivity index (χ2v) is 9.02. The van der Waals surface area contributed by atoms with E-state index in [1.54, 1.807) is 0 Å². The summed E-state index contributed by atoms with van der Waals surface area (Å²) in [6.07, 6.45) is 7.48. The van der Waals surface area contributed by atoms with Gasteiger partial charge in [-0.05, 0) is 79.1 Å². The molecule has 0 bridgehead atoms. The molecular formula is C21H38N4O2. The predicted molar refractivity (Wildman–Crippen MR) is 107 cm³/mol. The van der Waals surface area contributed by atoms with Crippen molar-refractivity contribution in [3.8, 4) is 0 Å². The highest BCUT2D eigenvalue weighted by atomic mass is 16.2. The quantitative estimate of drug-likeness (QED) is 0.809. The third-order valence-electron chi connectivity index (χ3n) is 6.68. The van der Waals surface area contributed by atoms with Gasteiger partial charge < -0.3 is 15.1 Å². The number of nitrogens with one attached hydrogen (secondary N) is 1. The van der Waals surface area contributed by atoms with Gasteiger partial charge in [0.25, 0.3) is 0 Å². The summed E-state index contributed by atoms with van der Waals surface area (Å²) in [7, 11) is 2.09. The van der Waals surface area contributed by atoms with E-state index >= 15 is 0 Å². The van der Waals surface area contributed by atoms with Crippen molar-refractivity contribution in [3.63, 3.8) is 0 Å². The molecule has 2 amide bonds. The Balaban J connectivity index is 1.42. The summed E-state index contributed by atoms with van der Waals surface area (Å²) in [5.74, 6) is 0.744. The van der Waals surface area contributed by atoms with Crippen molar-refractivity contribution < 1.29 is 9.59 Å². The second-order valence-electron chi connectivity index (χ2n) is 9.02. The molecular weight excluding hydrogens is 340 g/mol. The number of carbonyl (C=O) groups excluding carboxylic acids is 2. The van der Waals surface area contributed by atoms with E-state index in [9.17, 15) is 9.59 Å². The van der Waals surface area contributed by atoms with Crippen LogP contribution in [0.4, 0.5) is 0 Å². The minimum absolute atomic E-state index is 0.102. The van der Waals surface area contributed by atoms with E-state index in [1.807, 2.05) is 13.8 Å². The largest absolute Gasteiger partial charge is 0.354 e. The number of amides is 2. The van der Waals surface area contributed by atoms with Gasteiger partial charge in [0, 0.05) is 31.1 Å². The number of rotatable bonds is 4. The average Bonchev–Trinajstić information content (AvgIpc) is 2.67. The molecule has 3 fully saturated rings. The molecule has 3 aliphatic heterocycles. The fourth-order valence-electron chi connectivity index (χ4n) is 4.98. The Morgan fingerprint density at radius 3 is 2.15 bits per heavy atom. The van der Waals surface area contributed by atoms with E-state index in [0.29, 0.717) is 11.9 Å². The molecule has 6 nitrogen and oxygen atoms in total. The van der Waals surface area contributed by atoms with Crippen LogP contribution in [0, 0.1) is 5.92 Å². The zero-order valence-corrected chi connectivity index (χ0v) is 17.5. The van der Waals surface area contributed by atoms with Gasteiger partial charge >= 0.3 is 0 Å². The molecule has 1 unspecified atom stereocenters. The molecule has 3 saturated heterocycles. The summed E-state index contributed by atoms with van der Waals surface area (Å²) in [5, 5.41) is 3.05. The Hall–Kier alpha value is -1.14. The average molecular weight is 379 g/mol. The number of hydrogen-bond donors (Lipinski definition) is 1. The lowest BCUT2D eigenvalue weighted by Crippen LogP contribution is -2.54. The van der Waals surface area contributed by atoms with Gasteiger partial charge in [-0.15, -0.1) is 0 Å². The molecule has 154 valence electrons. The van der Waals surface area contributed by atoms with Crippen LogP contribution >= 0.6 is 0 Å². The van der Waals surface area contributed by atoms with Crippen LogP contribution in [0.2, 0.25) is 0 Å². The fraction of sp³-hybridized carbons (Fsp3) is 0.905. The molecule has 0 radical (unpaired) electrons. The Kier molecular flexibility index (Phi) is 7.15. The van der Waals surface area contributed by atoms with E-state index in [1.165, 1.54) is 12.8 Å². The van der Waals surface area contributed by atoms with Gasteiger partial charge in [0.2, 0.25) is 11.8 Å². The van der Waals surface area contributed by atoms with Crippen molar-refractivity contribution >= 4 is 11.8 Å². The van der Waals surface area contributed by atoms with Crippen LogP contribution in [-0.2, 0) is 9.59 Å². The monoisotopic (exact) mass is 378 g/mol. The highest BCUT2D eigenvalue weighted by Gasteiger charge is 2.34. The molecule has 27 heavy (non-hydrogen) atoms. The van der Waals surface area contributed by atoms with Crippen LogP contribution in [0.1, 0.15) is 58.8 Å². The number of likely N-dealkylation sites (N-methyl/N-ethyl adjacent to an activating group) is 1. The lowest BCUT2D eigenvalue weighted by Gasteiger charge is -2.43. The van der Waals surface area contributed by atoms with Crippen LogP contribution in [0.3, 0.4) is 0 Å². The van der Waals surface area contributed by atoms with Gasteiger partial charge in [0.1, 0.15) is 0 Å². The van der Waals surface area contributed by atoms with Crippen LogP contribution < -0.4 is 5.32 Å². The maximum Gasteiger partial charge on any atom is 0.239 e. The van der Waals surface area contributed by atoms with Gasteiger partial charge in [-0.3, -0.25) is 14.5 Å². The van der Waals surface area contributed by atoms with Crippen LogP contribution in [0.5, 0.6) is 0 Å². The SMILES string of the molecule is CC(C)NC(=O)C1CCN(C2CCN(C(=O)C3CCCCN3C)CC2)CC1. The summed E-state index contributed by atoms with van der Waals surface area (Å²) in [6, 6.07) is 0.901. The van der Waals surface area contributed by atoms with Crippen molar-refractivity contribution in [1.82, 2.24) is 20.0 Å². The minimum Gasteiger partial charge on any atom is -0.354 e. The third kappa shape index (κ3) is 5.23. The molecule has 0 spiro atoms. The first kappa shape index (κ1) is 20.6. The summed E-state index contributed by atoms with van der Waals surface area (Å²) in [4.78, 5) is 32.0. The molecule has 0 saturated carbocycles. The molecule has 0 aliphatic carbocycles. The van der Waals surface area contributed by atoms with Crippen molar-refractivity contribution in [3.05, 3.63) is 0 Å². The number of hydrogen-bond acceptors (Lipinski definition) is 4. The topological polar surface area (TPSA) is 55.9 Å². The molecule has 6 heteroatoms. The van der Waals surface area contributed by atoms with Crippen molar-refractivity contribution in [2.75, 3.05) is 39.8 Å². The predicted octanol–water partition coefficient (Wildman–Crippen LogP) is 1.70. The zero-order valence-electron chi connectivity index (χ0n) is 17.5. The summed E-state index contributed by atoms with van der Waals surface area (Å²) < 4.78 is 0. The van der Waals surface area contributed by atoms with Gasteiger partial charge in [0.15, 0.2) is 0 Å².